The number of thiazole rings is 1. The molecule has 0 unspecified atom stereocenters. The van der Waals surface area contributed by atoms with E-state index in [0.717, 1.165) is 11.3 Å². The van der Waals surface area contributed by atoms with Crippen LogP contribution in [-0.2, 0) is 0 Å². The van der Waals surface area contributed by atoms with E-state index in [2.05, 4.69) is 26.3 Å². The minimum atomic E-state index is -0.243. The zero-order valence-corrected chi connectivity index (χ0v) is 17.5. The second-order valence-corrected chi connectivity index (χ2v) is 7.80. The molecule has 0 aliphatic carbocycles. The topological polar surface area (TPSA) is 91.6 Å². The minimum absolute atomic E-state index is 0.243. The summed E-state index contributed by atoms with van der Waals surface area (Å²) in [6.07, 6.45) is 3.55. The van der Waals surface area contributed by atoms with Crippen molar-refractivity contribution >= 4 is 34.1 Å². The van der Waals surface area contributed by atoms with Crippen LogP contribution >= 0.6 is 23.1 Å². The van der Waals surface area contributed by atoms with E-state index in [-0.39, 0.29) is 5.91 Å². The molecule has 8 heteroatoms. The van der Waals surface area contributed by atoms with Gasteiger partial charge in [-0.1, -0.05) is 18.2 Å². The molecule has 1 aromatic carbocycles. The number of carbonyl (C=O) groups excluding carboxylic acids is 1. The average molecular weight is 430 g/mol. The van der Waals surface area contributed by atoms with Crippen molar-refractivity contribution in [3.8, 4) is 28.7 Å². The number of hydrogen-bond donors (Lipinski definition) is 1. The molecule has 1 N–H and O–H groups in total. The molecule has 0 spiro atoms. The number of pyridine rings is 2. The molecule has 0 bridgehead atoms. The van der Waals surface area contributed by atoms with Gasteiger partial charge in [0, 0.05) is 17.1 Å². The number of carbonyl (C=O) groups is 1. The first kappa shape index (κ1) is 19.8. The summed E-state index contributed by atoms with van der Waals surface area (Å²) >= 11 is 2.76. The molecule has 0 fully saturated rings. The Hall–Kier alpha value is -3.54. The first-order valence-electron chi connectivity index (χ1n) is 8.92. The zero-order valence-electron chi connectivity index (χ0n) is 15.9. The van der Waals surface area contributed by atoms with Crippen LogP contribution in [0.2, 0.25) is 0 Å². The quantitative estimate of drug-likeness (QED) is 0.443. The van der Waals surface area contributed by atoms with Crippen molar-refractivity contribution in [2.75, 3.05) is 11.6 Å². The van der Waals surface area contributed by atoms with Crippen molar-refractivity contribution in [2.24, 2.45) is 0 Å². The maximum absolute atomic E-state index is 12.6. The zero-order chi connectivity index (χ0) is 20.9. The van der Waals surface area contributed by atoms with E-state index >= 15 is 0 Å². The predicted molar refractivity (Wildman–Crippen MR) is 119 cm³/mol. The average Bonchev–Trinajstić information content (AvgIpc) is 3.27. The molecule has 146 valence electrons. The van der Waals surface area contributed by atoms with Crippen LogP contribution in [0.4, 0.5) is 5.13 Å². The van der Waals surface area contributed by atoms with Crippen LogP contribution < -0.4 is 5.32 Å². The molecule has 0 saturated heterocycles. The Bertz CT molecular complexity index is 1240. The maximum Gasteiger partial charge on any atom is 0.260 e. The normalized spacial score (nSPS) is 10.4. The summed E-state index contributed by atoms with van der Waals surface area (Å²) in [5.41, 5.74) is 4.22. The summed E-state index contributed by atoms with van der Waals surface area (Å²) in [7, 11) is 0. The van der Waals surface area contributed by atoms with Crippen LogP contribution in [0.25, 0.3) is 22.6 Å². The third-order valence-electron chi connectivity index (χ3n) is 4.26. The SMILES string of the molecule is CSc1ncccc1C(=O)Nc1nc(-c2cccc(-c3ccc(C#N)cc3)n2)cs1. The number of thioether (sulfide) groups is 1. The number of anilines is 1. The molecule has 4 aromatic rings. The molecular weight excluding hydrogens is 414 g/mol. The molecule has 0 atom stereocenters. The van der Waals surface area contributed by atoms with Crippen LogP contribution in [0.3, 0.4) is 0 Å². The van der Waals surface area contributed by atoms with Gasteiger partial charge in [-0.05, 0) is 42.7 Å². The summed E-state index contributed by atoms with van der Waals surface area (Å²) < 4.78 is 0. The molecular formula is C22H15N5OS2. The Balaban J connectivity index is 1.55. The standard InChI is InChI=1S/C22H15N5OS2/c1-29-21-16(4-3-11-24-21)20(28)27-22-26-19(13-30-22)18-6-2-5-17(25-18)15-9-7-14(12-23)8-10-15/h2-11,13H,1H3,(H,26,27,28). The minimum Gasteiger partial charge on any atom is -0.298 e. The van der Waals surface area contributed by atoms with E-state index in [0.29, 0.717) is 32.7 Å². The Morgan fingerprint density at radius 1 is 1.03 bits per heavy atom. The number of nitrogens with one attached hydrogen (secondary N) is 1. The molecule has 0 aliphatic rings. The second kappa shape index (κ2) is 8.86. The van der Waals surface area contributed by atoms with Gasteiger partial charge >= 0.3 is 0 Å². The number of nitriles is 1. The highest BCUT2D eigenvalue weighted by Crippen LogP contribution is 2.27. The van der Waals surface area contributed by atoms with Crippen LogP contribution in [0.5, 0.6) is 0 Å². The molecule has 0 radical (unpaired) electrons. The molecule has 1 amide bonds. The van der Waals surface area contributed by atoms with Gasteiger partial charge in [0.25, 0.3) is 5.91 Å². The fraction of sp³-hybridized carbons (Fsp3) is 0.0455. The van der Waals surface area contributed by atoms with Crippen LogP contribution in [0.15, 0.2) is 71.2 Å². The highest BCUT2D eigenvalue weighted by Gasteiger charge is 2.14. The summed E-state index contributed by atoms with van der Waals surface area (Å²) in [6.45, 7) is 0. The second-order valence-electron chi connectivity index (χ2n) is 6.15. The molecule has 30 heavy (non-hydrogen) atoms. The third kappa shape index (κ3) is 4.22. The Morgan fingerprint density at radius 3 is 2.60 bits per heavy atom. The lowest BCUT2D eigenvalue weighted by Gasteiger charge is -2.05. The monoisotopic (exact) mass is 429 g/mol. The lowest BCUT2D eigenvalue weighted by molar-refractivity contribution is 0.102. The predicted octanol–water partition coefficient (Wildman–Crippen LogP) is 5.11. The van der Waals surface area contributed by atoms with Gasteiger partial charge in [-0.15, -0.1) is 23.1 Å². The molecule has 6 nitrogen and oxygen atoms in total. The number of rotatable bonds is 5. The number of nitrogens with zero attached hydrogens (tertiary/aromatic N) is 4. The smallest absolute Gasteiger partial charge is 0.260 e. The largest absolute Gasteiger partial charge is 0.298 e. The maximum atomic E-state index is 12.6. The summed E-state index contributed by atoms with van der Waals surface area (Å²) in [5.74, 6) is -0.243. The van der Waals surface area contributed by atoms with Crippen molar-refractivity contribution in [1.82, 2.24) is 15.0 Å². The molecule has 3 aromatic heterocycles. The number of amides is 1. The first-order valence-corrected chi connectivity index (χ1v) is 11.0. The van der Waals surface area contributed by atoms with Gasteiger partial charge in [-0.3, -0.25) is 10.1 Å². The summed E-state index contributed by atoms with van der Waals surface area (Å²) in [4.78, 5) is 26.0. The van der Waals surface area contributed by atoms with Crippen molar-refractivity contribution < 1.29 is 4.79 Å². The van der Waals surface area contributed by atoms with Crippen molar-refractivity contribution in [2.45, 2.75) is 5.03 Å². The Labute approximate surface area is 181 Å². The van der Waals surface area contributed by atoms with E-state index in [1.165, 1.54) is 23.1 Å². The van der Waals surface area contributed by atoms with E-state index in [1.54, 1.807) is 30.5 Å². The van der Waals surface area contributed by atoms with E-state index in [4.69, 9.17) is 5.26 Å². The molecule has 0 saturated carbocycles. The van der Waals surface area contributed by atoms with Crippen LogP contribution in [-0.4, -0.2) is 27.1 Å². The summed E-state index contributed by atoms with van der Waals surface area (Å²) in [6, 6.07) is 18.6. The fourth-order valence-electron chi connectivity index (χ4n) is 2.79. The van der Waals surface area contributed by atoms with E-state index in [9.17, 15) is 4.79 Å². The Kier molecular flexibility index (Phi) is 5.84. The van der Waals surface area contributed by atoms with Gasteiger partial charge in [0.15, 0.2) is 5.13 Å². The fourth-order valence-corrected chi connectivity index (χ4v) is 4.04. The van der Waals surface area contributed by atoms with Crippen molar-refractivity contribution in [1.29, 1.82) is 5.26 Å². The molecule has 3 heterocycles. The number of benzene rings is 1. The van der Waals surface area contributed by atoms with Crippen molar-refractivity contribution in [3.63, 3.8) is 0 Å². The van der Waals surface area contributed by atoms with Gasteiger partial charge in [0.1, 0.15) is 10.7 Å². The lowest BCUT2D eigenvalue weighted by Crippen LogP contribution is -2.13. The molecule has 0 aliphatic heterocycles. The first-order chi connectivity index (χ1) is 14.7. The van der Waals surface area contributed by atoms with Gasteiger partial charge in [0.2, 0.25) is 0 Å². The lowest BCUT2D eigenvalue weighted by atomic mass is 10.1. The number of hydrogen-bond acceptors (Lipinski definition) is 7. The summed E-state index contributed by atoms with van der Waals surface area (Å²) in [5, 5.41) is 14.8. The highest BCUT2D eigenvalue weighted by atomic mass is 32.2. The van der Waals surface area contributed by atoms with Gasteiger partial charge in [-0.2, -0.15) is 5.26 Å². The Morgan fingerprint density at radius 2 is 1.83 bits per heavy atom. The third-order valence-corrected chi connectivity index (χ3v) is 5.72. The number of aromatic nitrogens is 3. The van der Waals surface area contributed by atoms with E-state index in [1.807, 2.05) is 42.0 Å². The van der Waals surface area contributed by atoms with Gasteiger partial charge in [-0.25, -0.2) is 15.0 Å². The molecule has 4 rings (SSSR count). The van der Waals surface area contributed by atoms with E-state index < -0.39 is 0 Å². The van der Waals surface area contributed by atoms with Crippen molar-refractivity contribution in [3.05, 3.63) is 77.3 Å². The van der Waals surface area contributed by atoms with Gasteiger partial charge in [0.05, 0.1) is 28.6 Å². The van der Waals surface area contributed by atoms with Crippen LogP contribution in [0.1, 0.15) is 15.9 Å². The van der Waals surface area contributed by atoms with Gasteiger partial charge < -0.3 is 0 Å². The highest BCUT2D eigenvalue weighted by molar-refractivity contribution is 7.98. The van der Waals surface area contributed by atoms with Crippen LogP contribution in [0, 0.1) is 11.3 Å².